The standard InChI is InChI=1S/C11H9NO2/c12-6-8-2-1-3-9(11(13)14)10(8)7-4-5-7/h1-3,7H,4-5H2,(H,13,14). The summed E-state index contributed by atoms with van der Waals surface area (Å²) in [6.07, 6.45) is 2.00. The van der Waals surface area contributed by atoms with Crippen molar-refractivity contribution in [3.8, 4) is 6.07 Å². The maximum atomic E-state index is 10.9. The third-order valence-electron chi connectivity index (χ3n) is 2.44. The summed E-state index contributed by atoms with van der Waals surface area (Å²) >= 11 is 0. The summed E-state index contributed by atoms with van der Waals surface area (Å²) < 4.78 is 0. The Labute approximate surface area is 81.6 Å². The van der Waals surface area contributed by atoms with E-state index in [2.05, 4.69) is 0 Å². The smallest absolute Gasteiger partial charge is 0.336 e. The van der Waals surface area contributed by atoms with E-state index >= 15 is 0 Å². The quantitative estimate of drug-likeness (QED) is 0.771. The molecule has 1 saturated carbocycles. The molecular formula is C11H9NO2. The van der Waals surface area contributed by atoms with Gasteiger partial charge < -0.3 is 5.11 Å². The summed E-state index contributed by atoms with van der Waals surface area (Å²) in [7, 11) is 0. The van der Waals surface area contributed by atoms with Crippen molar-refractivity contribution in [2.24, 2.45) is 0 Å². The minimum absolute atomic E-state index is 0.284. The van der Waals surface area contributed by atoms with Crippen LogP contribution < -0.4 is 0 Å². The van der Waals surface area contributed by atoms with Crippen LogP contribution in [0.5, 0.6) is 0 Å². The van der Waals surface area contributed by atoms with E-state index in [1.54, 1.807) is 18.2 Å². The topological polar surface area (TPSA) is 61.1 Å². The number of benzene rings is 1. The van der Waals surface area contributed by atoms with Gasteiger partial charge in [-0.1, -0.05) is 6.07 Å². The van der Waals surface area contributed by atoms with Gasteiger partial charge in [-0.3, -0.25) is 0 Å². The number of hydrogen-bond donors (Lipinski definition) is 1. The molecule has 3 nitrogen and oxygen atoms in total. The molecule has 0 heterocycles. The van der Waals surface area contributed by atoms with Gasteiger partial charge >= 0.3 is 5.97 Å². The molecule has 1 N–H and O–H groups in total. The fraction of sp³-hybridized carbons (Fsp3) is 0.273. The lowest BCUT2D eigenvalue weighted by Crippen LogP contribution is -2.03. The number of hydrogen-bond acceptors (Lipinski definition) is 2. The maximum absolute atomic E-state index is 10.9. The Morgan fingerprint density at radius 2 is 2.21 bits per heavy atom. The van der Waals surface area contributed by atoms with Gasteiger partial charge in [-0.05, 0) is 36.5 Å². The van der Waals surface area contributed by atoms with E-state index in [1.165, 1.54) is 0 Å². The molecule has 2 rings (SSSR count). The summed E-state index contributed by atoms with van der Waals surface area (Å²) in [4.78, 5) is 10.9. The van der Waals surface area contributed by atoms with E-state index in [4.69, 9.17) is 10.4 Å². The molecule has 0 saturated heterocycles. The van der Waals surface area contributed by atoms with Crippen molar-refractivity contribution in [2.75, 3.05) is 0 Å². The molecule has 0 radical (unpaired) electrons. The first-order valence-corrected chi connectivity index (χ1v) is 4.50. The SMILES string of the molecule is N#Cc1cccc(C(=O)O)c1C1CC1. The molecule has 1 aliphatic carbocycles. The average Bonchev–Trinajstić information content (AvgIpc) is 2.99. The van der Waals surface area contributed by atoms with Crippen molar-refractivity contribution >= 4 is 5.97 Å². The third-order valence-corrected chi connectivity index (χ3v) is 2.44. The van der Waals surface area contributed by atoms with Gasteiger partial charge in [-0.25, -0.2) is 4.79 Å². The van der Waals surface area contributed by atoms with E-state index in [1.807, 2.05) is 6.07 Å². The van der Waals surface area contributed by atoms with E-state index in [-0.39, 0.29) is 11.5 Å². The van der Waals surface area contributed by atoms with Crippen LogP contribution in [-0.4, -0.2) is 11.1 Å². The van der Waals surface area contributed by atoms with Crippen LogP contribution in [0.1, 0.15) is 40.2 Å². The zero-order valence-corrected chi connectivity index (χ0v) is 7.53. The molecule has 0 atom stereocenters. The lowest BCUT2D eigenvalue weighted by atomic mass is 9.98. The first-order chi connectivity index (χ1) is 6.74. The second-order valence-electron chi connectivity index (χ2n) is 3.46. The number of aromatic carboxylic acids is 1. The molecule has 0 spiro atoms. The molecule has 0 bridgehead atoms. The van der Waals surface area contributed by atoms with Gasteiger partial charge in [-0.2, -0.15) is 5.26 Å². The lowest BCUT2D eigenvalue weighted by Gasteiger charge is -2.05. The van der Waals surface area contributed by atoms with Crippen LogP contribution in [0.2, 0.25) is 0 Å². The monoisotopic (exact) mass is 187 g/mol. The highest BCUT2D eigenvalue weighted by atomic mass is 16.4. The van der Waals surface area contributed by atoms with E-state index in [0.717, 1.165) is 18.4 Å². The zero-order valence-electron chi connectivity index (χ0n) is 7.53. The van der Waals surface area contributed by atoms with Crippen LogP contribution >= 0.6 is 0 Å². The first-order valence-electron chi connectivity index (χ1n) is 4.50. The molecule has 0 aliphatic heterocycles. The van der Waals surface area contributed by atoms with Crippen molar-refractivity contribution in [1.82, 2.24) is 0 Å². The fourth-order valence-electron chi connectivity index (χ4n) is 1.66. The summed E-state index contributed by atoms with van der Waals surface area (Å²) in [6, 6.07) is 6.91. The predicted octanol–water partition coefficient (Wildman–Crippen LogP) is 2.13. The minimum atomic E-state index is -0.941. The number of carbonyl (C=O) groups is 1. The third kappa shape index (κ3) is 1.35. The fourth-order valence-corrected chi connectivity index (χ4v) is 1.66. The Kier molecular flexibility index (Phi) is 1.97. The van der Waals surface area contributed by atoms with Crippen LogP contribution in [0.25, 0.3) is 0 Å². The van der Waals surface area contributed by atoms with Gasteiger partial charge in [0.25, 0.3) is 0 Å². The molecule has 0 aromatic heterocycles. The number of rotatable bonds is 2. The van der Waals surface area contributed by atoms with Crippen molar-refractivity contribution in [3.05, 3.63) is 34.9 Å². The van der Waals surface area contributed by atoms with Crippen LogP contribution in [0.3, 0.4) is 0 Å². The number of nitrogens with zero attached hydrogens (tertiary/aromatic N) is 1. The molecule has 1 aromatic rings. The molecule has 1 aliphatic rings. The molecule has 3 heteroatoms. The average molecular weight is 187 g/mol. The molecule has 0 unspecified atom stereocenters. The summed E-state index contributed by atoms with van der Waals surface area (Å²) in [6.45, 7) is 0. The number of carboxylic acid groups (broad SMARTS) is 1. The number of carboxylic acids is 1. The summed E-state index contributed by atoms with van der Waals surface area (Å²) in [5.41, 5.74) is 1.52. The van der Waals surface area contributed by atoms with Crippen molar-refractivity contribution in [1.29, 1.82) is 5.26 Å². The van der Waals surface area contributed by atoms with Gasteiger partial charge in [0.15, 0.2) is 0 Å². The summed E-state index contributed by atoms with van der Waals surface area (Å²) in [5.74, 6) is -0.652. The molecule has 1 fully saturated rings. The highest BCUT2D eigenvalue weighted by Gasteiger charge is 2.30. The van der Waals surface area contributed by atoms with Gasteiger partial charge in [0.05, 0.1) is 17.2 Å². The second kappa shape index (κ2) is 3.15. The maximum Gasteiger partial charge on any atom is 0.336 e. The Bertz CT molecular complexity index is 427. The highest BCUT2D eigenvalue weighted by molar-refractivity contribution is 5.90. The van der Waals surface area contributed by atoms with E-state index < -0.39 is 5.97 Å². The van der Waals surface area contributed by atoms with Crippen LogP contribution in [0, 0.1) is 11.3 Å². The second-order valence-corrected chi connectivity index (χ2v) is 3.46. The number of nitriles is 1. The van der Waals surface area contributed by atoms with Gasteiger partial charge in [0.1, 0.15) is 0 Å². The Hall–Kier alpha value is -1.82. The van der Waals surface area contributed by atoms with Crippen LogP contribution in [0.4, 0.5) is 0 Å². The van der Waals surface area contributed by atoms with E-state index in [9.17, 15) is 4.79 Å². The van der Waals surface area contributed by atoms with Crippen molar-refractivity contribution < 1.29 is 9.90 Å². The molecule has 14 heavy (non-hydrogen) atoms. The Balaban J connectivity index is 2.59. The van der Waals surface area contributed by atoms with Crippen LogP contribution in [0.15, 0.2) is 18.2 Å². The normalized spacial score (nSPS) is 14.8. The van der Waals surface area contributed by atoms with E-state index in [0.29, 0.717) is 5.56 Å². The molecule has 0 amide bonds. The highest BCUT2D eigenvalue weighted by Crippen LogP contribution is 2.43. The Morgan fingerprint density at radius 3 is 2.71 bits per heavy atom. The molecular weight excluding hydrogens is 178 g/mol. The van der Waals surface area contributed by atoms with Gasteiger partial charge in [0.2, 0.25) is 0 Å². The lowest BCUT2D eigenvalue weighted by molar-refractivity contribution is 0.0695. The first kappa shape index (κ1) is 8.76. The van der Waals surface area contributed by atoms with Crippen molar-refractivity contribution in [2.45, 2.75) is 18.8 Å². The Morgan fingerprint density at radius 1 is 1.50 bits per heavy atom. The van der Waals surface area contributed by atoms with Crippen molar-refractivity contribution in [3.63, 3.8) is 0 Å². The minimum Gasteiger partial charge on any atom is -0.478 e. The molecule has 1 aromatic carbocycles. The predicted molar refractivity (Wildman–Crippen MR) is 50.1 cm³/mol. The molecule has 70 valence electrons. The zero-order chi connectivity index (χ0) is 10.1. The summed E-state index contributed by atoms with van der Waals surface area (Å²) in [5, 5.41) is 17.8. The van der Waals surface area contributed by atoms with Crippen LogP contribution in [-0.2, 0) is 0 Å². The van der Waals surface area contributed by atoms with Gasteiger partial charge in [-0.15, -0.1) is 0 Å². The largest absolute Gasteiger partial charge is 0.478 e. The van der Waals surface area contributed by atoms with Gasteiger partial charge in [0, 0.05) is 0 Å².